The van der Waals surface area contributed by atoms with E-state index in [0.29, 0.717) is 0 Å². The quantitative estimate of drug-likeness (QED) is 0.577. The fourth-order valence-corrected chi connectivity index (χ4v) is 4.55. The maximum atomic E-state index is 2.53. The minimum absolute atomic E-state index is 0.977. The van der Waals surface area contributed by atoms with Crippen molar-refractivity contribution in [1.29, 1.82) is 0 Å². The molecule has 6 atom stereocenters. The van der Waals surface area contributed by atoms with Crippen LogP contribution in [0.5, 0.6) is 0 Å². The Labute approximate surface area is 102 Å². The highest BCUT2D eigenvalue weighted by Gasteiger charge is 2.37. The molecule has 94 valence electrons. The van der Waals surface area contributed by atoms with Gasteiger partial charge >= 0.3 is 0 Å². The van der Waals surface area contributed by atoms with Gasteiger partial charge in [-0.15, -0.1) is 0 Å². The van der Waals surface area contributed by atoms with Gasteiger partial charge in [-0.25, -0.2) is 0 Å². The van der Waals surface area contributed by atoms with Crippen LogP contribution >= 0.6 is 0 Å². The summed E-state index contributed by atoms with van der Waals surface area (Å²) in [6.45, 7) is 9.97. The standard InChI is InChI=1S/C16H30/c1-11-8-9-15(13(3)10-11)16-7-5-6-12(2)14(16)4/h11-16H,5-10H2,1-4H3. The lowest BCUT2D eigenvalue weighted by Crippen LogP contribution is -2.36. The average molecular weight is 222 g/mol. The van der Waals surface area contributed by atoms with E-state index in [1.165, 1.54) is 38.5 Å². The summed E-state index contributed by atoms with van der Waals surface area (Å²) < 4.78 is 0. The van der Waals surface area contributed by atoms with Crippen LogP contribution in [0.2, 0.25) is 0 Å². The lowest BCUT2D eigenvalue weighted by molar-refractivity contribution is 0.0552. The Kier molecular flexibility index (Phi) is 3.97. The van der Waals surface area contributed by atoms with Crippen molar-refractivity contribution in [2.45, 2.75) is 66.2 Å². The second kappa shape index (κ2) is 5.10. The molecule has 0 bridgehead atoms. The van der Waals surface area contributed by atoms with E-state index in [1.807, 2.05) is 0 Å². The van der Waals surface area contributed by atoms with Crippen molar-refractivity contribution in [2.75, 3.05) is 0 Å². The molecule has 0 N–H and O–H groups in total. The second-order valence-corrected chi connectivity index (χ2v) is 6.99. The summed E-state index contributed by atoms with van der Waals surface area (Å²) in [4.78, 5) is 0. The molecule has 0 radical (unpaired) electrons. The molecule has 0 heterocycles. The Morgan fingerprint density at radius 3 is 2.12 bits per heavy atom. The van der Waals surface area contributed by atoms with Crippen LogP contribution in [0, 0.1) is 35.5 Å². The molecule has 2 aliphatic carbocycles. The van der Waals surface area contributed by atoms with Crippen molar-refractivity contribution in [1.82, 2.24) is 0 Å². The fraction of sp³-hybridized carbons (Fsp3) is 1.00. The van der Waals surface area contributed by atoms with Gasteiger partial charge in [-0.05, 0) is 54.8 Å². The van der Waals surface area contributed by atoms with Gasteiger partial charge in [0.1, 0.15) is 0 Å². The van der Waals surface area contributed by atoms with E-state index in [9.17, 15) is 0 Å². The molecule has 6 unspecified atom stereocenters. The summed E-state index contributed by atoms with van der Waals surface area (Å²) in [6.07, 6.45) is 9.00. The van der Waals surface area contributed by atoms with Crippen LogP contribution in [0.1, 0.15) is 66.2 Å². The second-order valence-electron chi connectivity index (χ2n) is 6.99. The van der Waals surface area contributed by atoms with E-state index < -0.39 is 0 Å². The normalized spacial score (nSPS) is 50.2. The van der Waals surface area contributed by atoms with Gasteiger partial charge in [0.15, 0.2) is 0 Å². The average Bonchev–Trinajstić information content (AvgIpc) is 2.23. The molecule has 0 saturated heterocycles. The van der Waals surface area contributed by atoms with Gasteiger partial charge in [0.2, 0.25) is 0 Å². The zero-order valence-electron chi connectivity index (χ0n) is 11.7. The van der Waals surface area contributed by atoms with E-state index in [2.05, 4.69) is 27.7 Å². The highest BCUT2D eigenvalue weighted by Crippen LogP contribution is 2.46. The number of hydrogen-bond donors (Lipinski definition) is 0. The van der Waals surface area contributed by atoms with Gasteiger partial charge in [-0.2, -0.15) is 0 Å². The minimum Gasteiger partial charge on any atom is -0.0625 e. The first-order valence-corrected chi connectivity index (χ1v) is 7.59. The van der Waals surface area contributed by atoms with Crippen LogP contribution in [0.4, 0.5) is 0 Å². The highest BCUT2D eigenvalue weighted by atomic mass is 14.4. The first-order valence-electron chi connectivity index (χ1n) is 7.59. The Balaban J connectivity index is 2.00. The van der Waals surface area contributed by atoms with Crippen molar-refractivity contribution in [3.05, 3.63) is 0 Å². The monoisotopic (exact) mass is 222 g/mol. The summed E-state index contributed by atoms with van der Waals surface area (Å²) in [5.41, 5.74) is 0. The number of rotatable bonds is 1. The van der Waals surface area contributed by atoms with Crippen LogP contribution in [-0.2, 0) is 0 Å². The lowest BCUT2D eigenvalue weighted by atomic mass is 9.61. The molecule has 0 aromatic carbocycles. The third-order valence-electron chi connectivity index (χ3n) is 5.82. The fourth-order valence-electron chi connectivity index (χ4n) is 4.55. The molecule has 2 rings (SSSR count). The third-order valence-corrected chi connectivity index (χ3v) is 5.82. The molecule has 0 amide bonds. The number of hydrogen-bond acceptors (Lipinski definition) is 0. The van der Waals surface area contributed by atoms with E-state index in [1.54, 1.807) is 0 Å². The van der Waals surface area contributed by atoms with E-state index in [0.717, 1.165) is 35.5 Å². The zero-order valence-corrected chi connectivity index (χ0v) is 11.7. The van der Waals surface area contributed by atoms with Gasteiger partial charge < -0.3 is 0 Å². The Morgan fingerprint density at radius 2 is 1.44 bits per heavy atom. The molecule has 0 aliphatic heterocycles. The van der Waals surface area contributed by atoms with Gasteiger partial charge in [0.05, 0.1) is 0 Å². The van der Waals surface area contributed by atoms with Gasteiger partial charge in [0, 0.05) is 0 Å². The van der Waals surface area contributed by atoms with E-state index >= 15 is 0 Å². The first kappa shape index (κ1) is 12.5. The lowest BCUT2D eigenvalue weighted by Gasteiger charge is -2.44. The maximum Gasteiger partial charge on any atom is -0.0355 e. The molecule has 0 nitrogen and oxygen atoms in total. The Bertz CT molecular complexity index is 220. The molecular weight excluding hydrogens is 192 g/mol. The van der Waals surface area contributed by atoms with E-state index in [-0.39, 0.29) is 0 Å². The molecule has 2 fully saturated rings. The molecule has 0 spiro atoms. The third kappa shape index (κ3) is 2.46. The van der Waals surface area contributed by atoms with Gasteiger partial charge in [0.25, 0.3) is 0 Å². The molecular formula is C16H30. The van der Waals surface area contributed by atoms with Crippen molar-refractivity contribution in [2.24, 2.45) is 35.5 Å². The summed E-state index contributed by atoms with van der Waals surface area (Å²) >= 11 is 0. The highest BCUT2D eigenvalue weighted by molar-refractivity contribution is 4.87. The van der Waals surface area contributed by atoms with Crippen LogP contribution in [0.15, 0.2) is 0 Å². The van der Waals surface area contributed by atoms with Gasteiger partial charge in [-0.1, -0.05) is 47.0 Å². The van der Waals surface area contributed by atoms with Crippen LogP contribution in [-0.4, -0.2) is 0 Å². The van der Waals surface area contributed by atoms with Crippen molar-refractivity contribution >= 4 is 0 Å². The molecule has 0 aromatic rings. The van der Waals surface area contributed by atoms with Gasteiger partial charge in [-0.3, -0.25) is 0 Å². The van der Waals surface area contributed by atoms with Crippen molar-refractivity contribution in [3.63, 3.8) is 0 Å². The summed E-state index contributed by atoms with van der Waals surface area (Å²) in [5, 5.41) is 0. The van der Waals surface area contributed by atoms with E-state index in [4.69, 9.17) is 0 Å². The maximum absolute atomic E-state index is 2.53. The summed E-state index contributed by atoms with van der Waals surface area (Å²) in [6, 6.07) is 0. The molecule has 2 saturated carbocycles. The SMILES string of the molecule is CC1CCC(C2CCCC(C)C2C)C(C)C1. The topological polar surface area (TPSA) is 0 Å². The van der Waals surface area contributed by atoms with Crippen LogP contribution in [0.25, 0.3) is 0 Å². The molecule has 0 aromatic heterocycles. The zero-order chi connectivity index (χ0) is 11.7. The molecule has 16 heavy (non-hydrogen) atoms. The molecule has 0 heteroatoms. The van der Waals surface area contributed by atoms with Crippen molar-refractivity contribution < 1.29 is 0 Å². The summed E-state index contributed by atoms with van der Waals surface area (Å²) in [5.74, 6) is 6.03. The molecule has 2 aliphatic rings. The summed E-state index contributed by atoms with van der Waals surface area (Å²) in [7, 11) is 0. The van der Waals surface area contributed by atoms with Crippen molar-refractivity contribution in [3.8, 4) is 0 Å². The minimum atomic E-state index is 0.977. The smallest absolute Gasteiger partial charge is 0.0355 e. The van der Waals surface area contributed by atoms with Crippen LogP contribution < -0.4 is 0 Å². The van der Waals surface area contributed by atoms with Crippen LogP contribution in [0.3, 0.4) is 0 Å². The predicted octanol–water partition coefficient (Wildman–Crippen LogP) is 5.13. The Morgan fingerprint density at radius 1 is 0.688 bits per heavy atom. The largest absolute Gasteiger partial charge is 0.0625 e. The first-order chi connectivity index (χ1) is 7.59. The predicted molar refractivity (Wildman–Crippen MR) is 71.3 cm³/mol. The Hall–Kier alpha value is 0.